The Morgan fingerprint density at radius 1 is 1.24 bits per heavy atom. The number of aromatic nitrogens is 1. The molecule has 0 fully saturated rings. The van der Waals surface area contributed by atoms with Gasteiger partial charge in [-0.05, 0) is 55.7 Å². The topological polar surface area (TPSA) is 42.2 Å². The summed E-state index contributed by atoms with van der Waals surface area (Å²) in [5.74, 6) is 0. The highest BCUT2D eigenvalue weighted by molar-refractivity contribution is 5.50. The number of pyridine rings is 1. The van der Waals surface area contributed by atoms with Gasteiger partial charge in [0, 0.05) is 43.6 Å². The van der Waals surface area contributed by atoms with E-state index in [1.807, 2.05) is 25.3 Å². The molecule has 0 spiro atoms. The summed E-state index contributed by atoms with van der Waals surface area (Å²) >= 11 is 0. The van der Waals surface area contributed by atoms with Crippen molar-refractivity contribution in [1.82, 2.24) is 4.98 Å². The Morgan fingerprint density at radius 2 is 2.05 bits per heavy atom. The van der Waals surface area contributed by atoms with Crippen LogP contribution in [0, 0.1) is 6.92 Å². The molecule has 0 aliphatic carbocycles. The van der Waals surface area contributed by atoms with Gasteiger partial charge in [-0.1, -0.05) is 12.1 Å². The lowest BCUT2D eigenvalue weighted by atomic mass is 10.0. The van der Waals surface area contributed by atoms with E-state index in [0.29, 0.717) is 0 Å². The van der Waals surface area contributed by atoms with Crippen molar-refractivity contribution in [2.75, 3.05) is 18.5 Å². The van der Waals surface area contributed by atoms with Crippen LogP contribution in [-0.4, -0.2) is 24.6 Å². The molecule has 0 amide bonds. The predicted octanol–water partition coefficient (Wildman–Crippen LogP) is 2.96. The van der Waals surface area contributed by atoms with Gasteiger partial charge in [0.05, 0.1) is 0 Å². The molecule has 1 unspecified atom stereocenters. The third-order valence-electron chi connectivity index (χ3n) is 3.74. The van der Waals surface area contributed by atoms with Crippen LogP contribution in [0.4, 0.5) is 5.69 Å². The fraction of sp³-hybridized carbons (Fsp3) is 0.389. The van der Waals surface area contributed by atoms with E-state index in [9.17, 15) is 0 Å². The molecule has 3 heteroatoms. The number of anilines is 1. The molecule has 21 heavy (non-hydrogen) atoms. The molecule has 0 aliphatic rings. The molecule has 2 aromatic rings. The van der Waals surface area contributed by atoms with Gasteiger partial charge in [-0.15, -0.1) is 0 Å². The van der Waals surface area contributed by atoms with Crippen molar-refractivity contribution in [3.05, 3.63) is 59.4 Å². The molecular weight excluding hydrogens is 258 g/mol. The molecule has 112 valence electrons. The third kappa shape index (κ3) is 4.57. The number of benzene rings is 1. The smallest absolute Gasteiger partial charge is 0.0421 e. The number of hydrogen-bond donors (Lipinski definition) is 1. The summed E-state index contributed by atoms with van der Waals surface area (Å²) in [5, 5.41) is 0. The maximum Gasteiger partial charge on any atom is 0.0421 e. The molecule has 0 radical (unpaired) electrons. The molecule has 0 aliphatic heterocycles. The van der Waals surface area contributed by atoms with E-state index in [4.69, 9.17) is 5.73 Å². The second-order valence-electron chi connectivity index (χ2n) is 5.78. The lowest BCUT2D eigenvalue weighted by molar-refractivity contribution is 0.734. The van der Waals surface area contributed by atoms with E-state index in [1.54, 1.807) is 0 Å². The molecule has 0 bridgehead atoms. The van der Waals surface area contributed by atoms with Crippen LogP contribution in [0.5, 0.6) is 0 Å². The third-order valence-corrected chi connectivity index (χ3v) is 3.74. The molecule has 1 aromatic carbocycles. The van der Waals surface area contributed by atoms with Gasteiger partial charge in [0.25, 0.3) is 0 Å². The van der Waals surface area contributed by atoms with Crippen LogP contribution in [-0.2, 0) is 12.8 Å². The highest BCUT2D eigenvalue weighted by Crippen LogP contribution is 2.19. The first-order valence-electron chi connectivity index (χ1n) is 7.52. The zero-order valence-electron chi connectivity index (χ0n) is 13.2. The minimum atomic E-state index is 0.205. The zero-order chi connectivity index (χ0) is 15.2. The van der Waals surface area contributed by atoms with Crippen LogP contribution in [0.15, 0.2) is 42.6 Å². The van der Waals surface area contributed by atoms with Gasteiger partial charge in [0.2, 0.25) is 0 Å². The number of nitrogens with zero attached hydrogens (tertiary/aromatic N) is 2. The lowest BCUT2D eigenvalue weighted by Gasteiger charge is -2.21. The van der Waals surface area contributed by atoms with E-state index in [0.717, 1.165) is 25.1 Å². The lowest BCUT2D eigenvalue weighted by Crippen LogP contribution is -2.21. The molecule has 1 heterocycles. The highest BCUT2D eigenvalue weighted by atomic mass is 15.1. The van der Waals surface area contributed by atoms with Crippen LogP contribution in [0.1, 0.15) is 23.7 Å². The summed E-state index contributed by atoms with van der Waals surface area (Å²) in [7, 11) is 2.13. The van der Waals surface area contributed by atoms with Crippen molar-refractivity contribution in [2.24, 2.45) is 5.73 Å². The van der Waals surface area contributed by atoms with Crippen LogP contribution >= 0.6 is 0 Å². The van der Waals surface area contributed by atoms with E-state index in [-0.39, 0.29) is 6.04 Å². The Hall–Kier alpha value is -1.87. The normalized spacial score (nSPS) is 12.2. The standard InChI is InChI=1S/C18H25N3/c1-14-12-18(8-7-16(14)13-15(2)19)21(3)11-9-17-6-4-5-10-20-17/h4-8,10,12,15H,9,11,13,19H2,1-3H3. The molecule has 2 rings (SSSR count). The quantitative estimate of drug-likeness (QED) is 0.886. The molecular formula is C18H25N3. The predicted molar refractivity (Wildman–Crippen MR) is 89.7 cm³/mol. The molecule has 0 saturated heterocycles. The minimum Gasteiger partial charge on any atom is -0.374 e. The maximum atomic E-state index is 5.89. The largest absolute Gasteiger partial charge is 0.374 e. The Bertz CT molecular complexity index is 564. The van der Waals surface area contributed by atoms with Crippen molar-refractivity contribution in [3.63, 3.8) is 0 Å². The SMILES string of the molecule is Cc1cc(N(C)CCc2ccccn2)ccc1CC(C)N. The first kappa shape index (κ1) is 15.5. The average Bonchev–Trinajstić information content (AvgIpc) is 2.47. The van der Waals surface area contributed by atoms with Crippen LogP contribution in [0.25, 0.3) is 0 Å². The Morgan fingerprint density at radius 3 is 2.67 bits per heavy atom. The Kier molecular flexibility index (Phi) is 5.34. The molecule has 1 aromatic heterocycles. The van der Waals surface area contributed by atoms with Gasteiger partial charge in [0.1, 0.15) is 0 Å². The summed E-state index contributed by atoms with van der Waals surface area (Å²) < 4.78 is 0. The van der Waals surface area contributed by atoms with E-state index < -0.39 is 0 Å². The van der Waals surface area contributed by atoms with Crippen LogP contribution in [0.2, 0.25) is 0 Å². The van der Waals surface area contributed by atoms with Crippen molar-refractivity contribution in [1.29, 1.82) is 0 Å². The first-order chi connectivity index (χ1) is 10.1. The van der Waals surface area contributed by atoms with Gasteiger partial charge in [-0.25, -0.2) is 0 Å². The van der Waals surface area contributed by atoms with Crippen molar-refractivity contribution in [3.8, 4) is 0 Å². The maximum absolute atomic E-state index is 5.89. The summed E-state index contributed by atoms with van der Waals surface area (Å²) in [4.78, 5) is 6.64. The Balaban J connectivity index is 1.99. The number of rotatable bonds is 6. The number of likely N-dealkylation sites (N-methyl/N-ethyl adjacent to an activating group) is 1. The van der Waals surface area contributed by atoms with Gasteiger partial charge in [-0.2, -0.15) is 0 Å². The summed E-state index contributed by atoms with van der Waals surface area (Å²) in [6.45, 7) is 5.17. The average molecular weight is 283 g/mol. The van der Waals surface area contributed by atoms with Crippen molar-refractivity contribution >= 4 is 5.69 Å². The molecule has 1 atom stereocenters. The van der Waals surface area contributed by atoms with Crippen LogP contribution in [0.3, 0.4) is 0 Å². The molecule has 0 saturated carbocycles. The van der Waals surface area contributed by atoms with E-state index in [1.165, 1.54) is 16.8 Å². The second-order valence-corrected chi connectivity index (χ2v) is 5.78. The van der Waals surface area contributed by atoms with Gasteiger partial charge < -0.3 is 10.6 Å². The fourth-order valence-electron chi connectivity index (χ4n) is 2.45. The number of aryl methyl sites for hydroxylation is 1. The monoisotopic (exact) mass is 283 g/mol. The molecule has 3 nitrogen and oxygen atoms in total. The Labute approximate surface area is 127 Å². The number of hydrogen-bond acceptors (Lipinski definition) is 3. The molecule has 2 N–H and O–H groups in total. The fourth-order valence-corrected chi connectivity index (χ4v) is 2.45. The highest BCUT2D eigenvalue weighted by Gasteiger charge is 2.06. The second kappa shape index (κ2) is 7.23. The summed E-state index contributed by atoms with van der Waals surface area (Å²) in [6.07, 6.45) is 3.74. The van der Waals surface area contributed by atoms with Crippen molar-refractivity contribution in [2.45, 2.75) is 32.7 Å². The number of nitrogens with two attached hydrogens (primary N) is 1. The van der Waals surface area contributed by atoms with Gasteiger partial charge >= 0.3 is 0 Å². The van der Waals surface area contributed by atoms with Crippen LogP contribution < -0.4 is 10.6 Å². The first-order valence-corrected chi connectivity index (χ1v) is 7.52. The van der Waals surface area contributed by atoms with Gasteiger partial charge in [0.15, 0.2) is 0 Å². The van der Waals surface area contributed by atoms with E-state index >= 15 is 0 Å². The zero-order valence-corrected chi connectivity index (χ0v) is 13.2. The van der Waals surface area contributed by atoms with E-state index in [2.05, 4.69) is 48.1 Å². The van der Waals surface area contributed by atoms with Gasteiger partial charge in [-0.3, -0.25) is 4.98 Å². The summed E-state index contributed by atoms with van der Waals surface area (Å²) in [6, 6.07) is 12.9. The minimum absolute atomic E-state index is 0.205. The summed E-state index contributed by atoms with van der Waals surface area (Å²) in [5.41, 5.74) is 10.9. The van der Waals surface area contributed by atoms with Crippen molar-refractivity contribution < 1.29 is 0 Å².